The van der Waals surface area contributed by atoms with Gasteiger partial charge in [0.2, 0.25) is 0 Å². The highest BCUT2D eigenvalue weighted by Gasteiger charge is 2.40. The molecule has 0 bridgehead atoms. The second-order valence-corrected chi connectivity index (χ2v) is 6.29. The molecule has 1 atom stereocenters. The molecular weight excluding hydrogens is 335 g/mol. The Morgan fingerprint density at radius 3 is 2.43 bits per heavy atom. The summed E-state index contributed by atoms with van der Waals surface area (Å²) in [5.74, 6) is 0. The summed E-state index contributed by atoms with van der Waals surface area (Å²) in [5, 5.41) is 6.82. The Bertz CT molecular complexity index is 717. The van der Waals surface area contributed by atoms with Crippen molar-refractivity contribution in [2.24, 2.45) is 0 Å². The lowest BCUT2D eigenvalue weighted by atomic mass is 9.86. The SMILES string of the molecule is O=C(NCC1(c2cccc(Cl)c2)CCO1)Nc1cccc(Cl)c1. The van der Waals surface area contributed by atoms with Gasteiger partial charge in [0.1, 0.15) is 5.60 Å². The van der Waals surface area contributed by atoms with Crippen molar-refractivity contribution in [1.29, 1.82) is 0 Å². The smallest absolute Gasteiger partial charge is 0.319 e. The summed E-state index contributed by atoms with van der Waals surface area (Å²) < 4.78 is 5.76. The Morgan fingerprint density at radius 2 is 1.83 bits per heavy atom. The summed E-state index contributed by atoms with van der Waals surface area (Å²) in [4.78, 5) is 12.1. The minimum absolute atomic E-state index is 0.302. The van der Waals surface area contributed by atoms with E-state index in [-0.39, 0.29) is 6.03 Å². The average Bonchev–Trinajstić information content (AvgIpc) is 2.46. The van der Waals surface area contributed by atoms with Gasteiger partial charge in [0, 0.05) is 22.2 Å². The fraction of sp³-hybridized carbons (Fsp3) is 0.235. The predicted molar refractivity (Wildman–Crippen MR) is 92.2 cm³/mol. The average molecular weight is 351 g/mol. The largest absolute Gasteiger partial charge is 0.368 e. The molecule has 120 valence electrons. The third kappa shape index (κ3) is 3.78. The quantitative estimate of drug-likeness (QED) is 0.856. The van der Waals surface area contributed by atoms with E-state index in [0.29, 0.717) is 28.9 Å². The molecule has 1 unspecified atom stereocenters. The Labute approximate surface area is 144 Å². The number of rotatable bonds is 4. The van der Waals surface area contributed by atoms with Crippen LogP contribution in [0, 0.1) is 0 Å². The summed E-state index contributed by atoms with van der Waals surface area (Å²) in [7, 11) is 0. The van der Waals surface area contributed by atoms with E-state index < -0.39 is 5.60 Å². The van der Waals surface area contributed by atoms with Crippen molar-refractivity contribution >= 4 is 34.9 Å². The monoisotopic (exact) mass is 350 g/mol. The van der Waals surface area contributed by atoms with E-state index in [2.05, 4.69) is 10.6 Å². The Kier molecular flexibility index (Phi) is 4.76. The van der Waals surface area contributed by atoms with Gasteiger partial charge in [-0.05, 0) is 35.9 Å². The van der Waals surface area contributed by atoms with E-state index in [0.717, 1.165) is 12.0 Å². The van der Waals surface area contributed by atoms with Crippen molar-refractivity contribution in [3.63, 3.8) is 0 Å². The maximum absolute atomic E-state index is 12.1. The van der Waals surface area contributed by atoms with E-state index in [9.17, 15) is 4.79 Å². The maximum Gasteiger partial charge on any atom is 0.319 e. The molecule has 0 saturated carbocycles. The molecule has 3 rings (SSSR count). The highest BCUT2D eigenvalue weighted by molar-refractivity contribution is 6.31. The second-order valence-electron chi connectivity index (χ2n) is 5.42. The Hall–Kier alpha value is -1.75. The zero-order valence-corrected chi connectivity index (χ0v) is 13.8. The van der Waals surface area contributed by atoms with Gasteiger partial charge in [0.05, 0.1) is 13.2 Å². The molecule has 0 spiro atoms. The van der Waals surface area contributed by atoms with Gasteiger partial charge in [-0.3, -0.25) is 0 Å². The number of ether oxygens (including phenoxy) is 1. The number of benzene rings is 2. The lowest BCUT2D eigenvalue weighted by Gasteiger charge is -2.42. The minimum atomic E-state index is -0.503. The number of halogens is 2. The fourth-order valence-electron chi connectivity index (χ4n) is 2.55. The highest BCUT2D eigenvalue weighted by Crippen LogP contribution is 2.37. The highest BCUT2D eigenvalue weighted by atomic mass is 35.5. The molecule has 2 aromatic carbocycles. The van der Waals surface area contributed by atoms with Gasteiger partial charge in [-0.25, -0.2) is 4.79 Å². The first-order valence-corrected chi connectivity index (χ1v) is 8.03. The standard InChI is InChI=1S/C17H16Cl2N2O2/c18-13-4-1-3-12(9-13)17(7-8-23-17)11-20-16(22)21-15-6-2-5-14(19)10-15/h1-6,9-10H,7-8,11H2,(H2,20,21,22). The van der Waals surface area contributed by atoms with Crippen LogP contribution in [0.25, 0.3) is 0 Å². The van der Waals surface area contributed by atoms with Crippen LogP contribution in [0.15, 0.2) is 48.5 Å². The number of hydrogen-bond acceptors (Lipinski definition) is 2. The zero-order valence-electron chi connectivity index (χ0n) is 12.3. The molecule has 0 radical (unpaired) electrons. The van der Waals surface area contributed by atoms with E-state index in [4.69, 9.17) is 27.9 Å². The fourth-order valence-corrected chi connectivity index (χ4v) is 2.93. The van der Waals surface area contributed by atoms with Gasteiger partial charge in [-0.15, -0.1) is 0 Å². The number of carbonyl (C=O) groups is 1. The molecule has 23 heavy (non-hydrogen) atoms. The van der Waals surface area contributed by atoms with Crippen molar-refractivity contribution in [1.82, 2.24) is 5.32 Å². The lowest BCUT2D eigenvalue weighted by molar-refractivity contribution is -0.149. The predicted octanol–water partition coefficient (Wildman–Crippen LogP) is 4.43. The van der Waals surface area contributed by atoms with Crippen molar-refractivity contribution in [2.45, 2.75) is 12.0 Å². The van der Waals surface area contributed by atoms with Gasteiger partial charge < -0.3 is 15.4 Å². The summed E-state index contributed by atoms with van der Waals surface area (Å²) in [6.07, 6.45) is 0.838. The van der Waals surface area contributed by atoms with Crippen LogP contribution >= 0.6 is 23.2 Å². The molecule has 2 amide bonds. The van der Waals surface area contributed by atoms with E-state index >= 15 is 0 Å². The maximum atomic E-state index is 12.1. The van der Waals surface area contributed by atoms with Crippen LogP contribution in [0.1, 0.15) is 12.0 Å². The van der Waals surface area contributed by atoms with Crippen LogP contribution in [0.5, 0.6) is 0 Å². The van der Waals surface area contributed by atoms with Gasteiger partial charge in [0.15, 0.2) is 0 Å². The van der Waals surface area contributed by atoms with Gasteiger partial charge in [-0.2, -0.15) is 0 Å². The minimum Gasteiger partial charge on any atom is -0.368 e. The Balaban J connectivity index is 1.63. The van der Waals surface area contributed by atoms with Crippen LogP contribution in [0.3, 0.4) is 0 Å². The topological polar surface area (TPSA) is 50.4 Å². The van der Waals surface area contributed by atoms with Crippen LogP contribution in [-0.2, 0) is 10.3 Å². The van der Waals surface area contributed by atoms with Crippen molar-refractivity contribution in [3.05, 3.63) is 64.1 Å². The first-order chi connectivity index (χ1) is 11.1. The van der Waals surface area contributed by atoms with E-state index in [1.54, 1.807) is 24.3 Å². The molecule has 4 nitrogen and oxygen atoms in total. The molecule has 2 N–H and O–H groups in total. The first-order valence-electron chi connectivity index (χ1n) is 7.28. The molecule has 1 aliphatic rings. The van der Waals surface area contributed by atoms with Crippen molar-refractivity contribution in [3.8, 4) is 0 Å². The normalized spacial score (nSPS) is 19.7. The summed E-state index contributed by atoms with van der Waals surface area (Å²) >= 11 is 11.9. The van der Waals surface area contributed by atoms with Crippen LogP contribution in [-0.4, -0.2) is 19.2 Å². The van der Waals surface area contributed by atoms with E-state index in [1.807, 2.05) is 24.3 Å². The number of hydrogen-bond donors (Lipinski definition) is 2. The number of nitrogens with one attached hydrogen (secondary N) is 2. The molecule has 1 heterocycles. The molecule has 6 heteroatoms. The van der Waals surface area contributed by atoms with Crippen molar-refractivity contribution < 1.29 is 9.53 Å². The molecule has 0 aromatic heterocycles. The van der Waals surface area contributed by atoms with Crippen LogP contribution in [0.2, 0.25) is 10.0 Å². The molecule has 1 aliphatic heterocycles. The molecule has 1 saturated heterocycles. The summed E-state index contributed by atoms with van der Waals surface area (Å²) in [5.41, 5.74) is 1.11. The van der Waals surface area contributed by atoms with Crippen LogP contribution < -0.4 is 10.6 Å². The van der Waals surface area contributed by atoms with Gasteiger partial charge >= 0.3 is 6.03 Å². The summed E-state index contributed by atoms with van der Waals surface area (Å²) in [6, 6.07) is 14.2. The first kappa shape index (κ1) is 16.1. The molecular formula is C17H16Cl2N2O2. The molecule has 1 fully saturated rings. The summed E-state index contributed by atoms with van der Waals surface area (Å²) in [6.45, 7) is 1.05. The third-order valence-electron chi connectivity index (χ3n) is 3.85. The number of amides is 2. The Morgan fingerprint density at radius 1 is 1.13 bits per heavy atom. The van der Waals surface area contributed by atoms with Crippen LogP contribution in [0.4, 0.5) is 10.5 Å². The molecule has 0 aliphatic carbocycles. The number of urea groups is 1. The molecule has 2 aromatic rings. The lowest BCUT2D eigenvalue weighted by Crippen LogP contribution is -2.50. The number of anilines is 1. The number of carbonyl (C=O) groups excluding carboxylic acids is 1. The van der Waals surface area contributed by atoms with Gasteiger partial charge in [-0.1, -0.05) is 41.4 Å². The second kappa shape index (κ2) is 6.79. The zero-order chi connectivity index (χ0) is 16.3. The van der Waals surface area contributed by atoms with Crippen molar-refractivity contribution in [2.75, 3.05) is 18.5 Å². The van der Waals surface area contributed by atoms with E-state index in [1.165, 1.54) is 0 Å². The van der Waals surface area contributed by atoms with Gasteiger partial charge in [0.25, 0.3) is 0 Å². The third-order valence-corrected chi connectivity index (χ3v) is 4.32.